The number of nitrogens with two attached hydrogens (primary N) is 1. The van der Waals surface area contributed by atoms with Gasteiger partial charge in [0.1, 0.15) is 0 Å². The number of aliphatic hydroxyl groups is 1. The third-order valence-corrected chi connectivity index (χ3v) is 2.33. The van der Waals surface area contributed by atoms with E-state index in [1.54, 1.807) is 6.92 Å². The highest BCUT2D eigenvalue weighted by Crippen LogP contribution is 2.09. The van der Waals surface area contributed by atoms with Crippen LogP contribution in [0.4, 0.5) is 5.95 Å². The minimum absolute atomic E-state index is 0.304. The normalized spacial score (nSPS) is 12.6. The summed E-state index contributed by atoms with van der Waals surface area (Å²) in [5.74, 6) is 0.668. The van der Waals surface area contributed by atoms with E-state index in [0.29, 0.717) is 18.9 Å². The molecule has 0 aliphatic rings. The number of aromatic nitrogens is 2. The predicted molar refractivity (Wildman–Crippen MR) is 64.2 cm³/mol. The summed E-state index contributed by atoms with van der Waals surface area (Å²) in [7, 11) is 1.91. The Kier molecular flexibility index (Phi) is 4.64. The summed E-state index contributed by atoms with van der Waals surface area (Å²) < 4.78 is 0. The van der Waals surface area contributed by atoms with E-state index < -0.39 is 0 Å². The highest BCUT2D eigenvalue weighted by Gasteiger charge is 2.07. The van der Waals surface area contributed by atoms with Gasteiger partial charge in [-0.3, -0.25) is 0 Å². The van der Waals surface area contributed by atoms with Crippen LogP contribution in [0.15, 0.2) is 6.07 Å². The Morgan fingerprint density at radius 1 is 1.50 bits per heavy atom. The van der Waals surface area contributed by atoms with Crippen molar-refractivity contribution < 1.29 is 5.11 Å². The fraction of sp³-hybridized carbons (Fsp3) is 0.636. The first-order valence-electron chi connectivity index (χ1n) is 5.46. The van der Waals surface area contributed by atoms with Gasteiger partial charge in [0.2, 0.25) is 5.95 Å². The Labute approximate surface area is 96.3 Å². The van der Waals surface area contributed by atoms with E-state index in [1.807, 2.05) is 24.9 Å². The lowest BCUT2D eigenvalue weighted by Gasteiger charge is -2.18. The van der Waals surface area contributed by atoms with Gasteiger partial charge in [0.15, 0.2) is 0 Å². The summed E-state index contributed by atoms with van der Waals surface area (Å²) >= 11 is 0. The molecule has 1 rings (SSSR count). The average Bonchev–Trinajstić information content (AvgIpc) is 2.24. The lowest BCUT2D eigenvalue weighted by Crippen LogP contribution is -2.24. The second kappa shape index (κ2) is 5.77. The average molecular weight is 224 g/mol. The molecule has 0 spiro atoms. The molecule has 1 aromatic rings. The van der Waals surface area contributed by atoms with Gasteiger partial charge in [-0.1, -0.05) is 0 Å². The third kappa shape index (κ3) is 3.75. The van der Waals surface area contributed by atoms with Gasteiger partial charge in [0.05, 0.1) is 11.8 Å². The van der Waals surface area contributed by atoms with Crippen molar-refractivity contribution in [2.45, 2.75) is 32.9 Å². The largest absolute Gasteiger partial charge is 0.393 e. The molecule has 0 amide bonds. The zero-order valence-electron chi connectivity index (χ0n) is 10.1. The summed E-state index contributed by atoms with van der Waals surface area (Å²) in [6.45, 7) is 4.84. The van der Waals surface area contributed by atoms with Crippen molar-refractivity contribution in [3.05, 3.63) is 17.5 Å². The topological polar surface area (TPSA) is 75.3 Å². The second-order valence-corrected chi connectivity index (χ2v) is 4.06. The predicted octanol–water partition coefficient (Wildman–Crippen LogP) is 0.451. The van der Waals surface area contributed by atoms with Crippen LogP contribution in [0.3, 0.4) is 0 Å². The Hall–Kier alpha value is -1.20. The zero-order chi connectivity index (χ0) is 12.1. The fourth-order valence-corrected chi connectivity index (χ4v) is 1.37. The number of nitrogens with zero attached hydrogens (tertiary/aromatic N) is 3. The summed E-state index contributed by atoms with van der Waals surface area (Å²) in [5, 5.41) is 9.22. The van der Waals surface area contributed by atoms with E-state index in [-0.39, 0.29) is 6.10 Å². The molecule has 0 aliphatic carbocycles. The van der Waals surface area contributed by atoms with Gasteiger partial charge in [-0.05, 0) is 26.3 Å². The molecule has 0 aromatic carbocycles. The minimum atomic E-state index is -0.304. The maximum atomic E-state index is 9.22. The van der Waals surface area contributed by atoms with Crippen LogP contribution in [-0.4, -0.2) is 34.8 Å². The van der Waals surface area contributed by atoms with Gasteiger partial charge in [-0.15, -0.1) is 0 Å². The quantitative estimate of drug-likeness (QED) is 0.759. The van der Waals surface area contributed by atoms with Crippen molar-refractivity contribution >= 4 is 5.95 Å². The summed E-state index contributed by atoms with van der Waals surface area (Å²) in [6, 6.07) is 1.88. The first-order chi connectivity index (χ1) is 7.52. The van der Waals surface area contributed by atoms with E-state index in [9.17, 15) is 5.11 Å². The van der Waals surface area contributed by atoms with Crippen LogP contribution >= 0.6 is 0 Å². The molecule has 1 heterocycles. The van der Waals surface area contributed by atoms with Crippen LogP contribution < -0.4 is 10.6 Å². The number of anilines is 1. The molecule has 5 nitrogen and oxygen atoms in total. The second-order valence-electron chi connectivity index (χ2n) is 4.06. The summed E-state index contributed by atoms with van der Waals surface area (Å²) in [4.78, 5) is 10.6. The Morgan fingerprint density at radius 2 is 2.19 bits per heavy atom. The van der Waals surface area contributed by atoms with Crippen LogP contribution in [0.5, 0.6) is 0 Å². The molecule has 1 atom stereocenters. The monoisotopic (exact) mass is 224 g/mol. The number of aliphatic hydroxyl groups excluding tert-OH is 1. The van der Waals surface area contributed by atoms with Crippen molar-refractivity contribution in [3.8, 4) is 0 Å². The van der Waals surface area contributed by atoms with E-state index in [4.69, 9.17) is 5.73 Å². The Bertz CT molecular complexity index is 341. The first kappa shape index (κ1) is 12.9. The highest BCUT2D eigenvalue weighted by atomic mass is 16.3. The van der Waals surface area contributed by atoms with Crippen molar-refractivity contribution in [1.29, 1.82) is 0 Å². The van der Waals surface area contributed by atoms with Gasteiger partial charge in [-0.2, -0.15) is 0 Å². The molecular weight excluding hydrogens is 204 g/mol. The van der Waals surface area contributed by atoms with Crippen molar-refractivity contribution in [2.75, 3.05) is 18.5 Å². The van der Waals surface area contributed by atoms with Crippen molar-refractivity contribution in [3.63, 3.8) is 0 Å². The highest BCUT2D eigenvalue weighted by molar-refractivity contribution is 5.31. The summed E-state index contributed by atoms with van der Waals surface area (Å²) in [6.07, 6.45) is 0.396. The molecule has 1 aromatic heterocycles. The van der Waals surface area contributed by atoms with Crippen molar-refractivity contribution in [2.24, 2.45) is 5.73 Å². The number of rotatable bonds is 5. The minimum Gasteiger partial charge on any atom is -0.393 e. The molecule has 0 fully saturated rings. The fourth-order valence-electron chi connectivity index (χ4n) is 1.37. The first-order valence-corrected chi connectivity index (χ1v) is 5.46. The van der Waals surface area contributed by atoms with Crippen LogP contribution in [0, 0.1) is 6.92 Å². The van der Waals surface area contributed by atoms with Crippen LogP contribution in [0.1, 0.15) is 24.7 Å². The van der Waals surface area contributed by atoms with Gasteiger partial charge < -0.3 is 15.7 Å². The maximum absolute atomic E-state index is 9.22. The summed E-state index contributed by atoms with van der Waals surface area (Å²) in [5.41, 5.74) is 7.31. The molecular formula is C11H20N4O. The van der Waals surface area contributed by atoms with Gasteiger partial charge in [0, 0.05) is 25.8 Å². The van der Waals surface area contributed by atoms with Crippen molar-refractivity contribution in [1.82, 2.24) is 9.97 Å². The van der Waals surface area contributed by atoms with Gasteiger partial charge in [0.25, 0.3) is 0 Å². The Morgan fingerprint density at radius 3 is 2.75 bits per heavy atom. The van der Waals surface area contributed by atoms with E-state index in [2.05, 4.69) is 9.97 Å². The molecule has 5 heteroatoms. The van der Waals surface area contributed by atoms with Gasteiger partial charge >= 0.3 is 0 Å². The molecule has 0 radical (unpaired) electrons. The SMILES string of the molecule is Cc1cc(CN)nc(N(C)CCC(C)O)n1. The Balaban J connectivity index is 2.74. The lowest BCUT2D eigenvalue weighted by molar-refractivity contribution is 0.186. The van der Waals surface area contributed by atoms with Crippen LogP contribution in [0.25, 0.3) is 0 Å². The van der Waals surface area contributed by atoms with E-state index >= 15 is 0 Å². The molecule has 1 unspecified atom stereocenters. The number of aryl methyl sites for hydroxylation is 1. The van der Waals surface area contributed by atoms with Crippen LogP contribution in [-0.2, 0) is 6.54 Å². The smallest absolute Gasteiger partial charge is 0.225 e. The lowest BCUT2D eigenvalue weighted by atomic mass is 10.3. The number of hydrogen-bond donors (Lipinski definition) is 2. The van der Waals surface area contributed by atoms with Crippen LogP contribution in [0.2, 0.25) is 0 Å². The maximum Gasteiger partial charge on any atom is 0.225 e. The third-order valence-electron chi connectivity index (χ3n) is 2.33. The molecule has 3 N–H and O–H groups in total. The molecule has 0 bridgehead atoms. The molecule has 0 saturated carbocycles. The molecule has 16 heavy (non-hydrogen) atoms. The molecule has 0 aliphatic heterocycles. The number of hydrogen-bond acceptors (Lipinski definition) is 5. The van der Waals surface area contributed by atoms with E-state index in [0.717, 1.165) is 17.9 Å². The molecule has 0 saturated heterocycles. The molecule has 90 valence electrons. The van der Waals surface area contributed by atoms with Gasteiger partial charge in [-0.25, -0.2) is 9.97 Å². The standard InChI is InChI=1S/C11H20N4O/c1-8-6-10(7-12)14-11(13-8)15(3)5-4-9(2)16/h6,9,16H,4-5,7,12H2,1-3H3. The zero-order valence-corrected chi connectivity index (χ0v) is 10.1. The van der Waals surface area contributed by atoms with E-state index in [1.165, 1.54) is 0 Å².